The Hall–Kier alpha value is -3.14. The van der Waals surface area contributed by atoms with Gasteiger partial charge in [-0.2, -0.15) is 0 Å². The molecule has 10 heteroatoms. The van der Waals surface area contributed by atoms with Gasteiger partial charge < -0.3 is 15.4 Å². The number of amides is 2. The molecule has 1 aromatic heterocycles. The first-order chi connectivity index (χ1) is 13.3. The van der Waals surface area contributed by atoms with Crippen molar-refractivity contribution in [1.82, 2.24) is 10.2 Å². The number of ketones is 1. The Balaban J connectivity index is 1.62. The Morgan fingerprint density at radius 2 is 1.71 bits per heavy atom. The molecule has 28 heavy (non-hydrogen) atoms. The van der Waals surface area contributed by atoms with E-state index in [2.05, 4.69) is 20.8 Å². The second-order valence-corrected chi connectivity index (χ2v) is 7.05. The summed E-state index contributed by atoms with van der Waals surface area (Å²) in [5.41, 5.74) is 1.03. The Morgan fingerprint density at radius 1 is 1.00 bits per heavy atom. The molecule has 0 bridgehead atoms. The number of aryl methyl sites for hydroxylation is 1. The van der Waals surface area contributed by atoms with Crippen molar-refractivity contribution in [2.75, 3.05) is 17.2 Å². The zero-order chi connectivity index (χ0) is 20.5. The van der Waals surface area contributed by atoms with Gasteiger partial charge >= 0.3 is 5.97 Å². The third-order valence-corrected chi connectivity index (χ3v) is 4.25. The number of rotatable bonds is 9. The second kappa shape index (κ2) is 10.3. The molecule has 0 fully saturated rings. The van der Waals surface area contributed by atoms with E-state index in [1.807, 2.05) is 0 Å². The lowest BCUT2D eigenvalue weighted by molar-refractivity contribution is -0.147. The molecular weight excluding hydrogens is 384 g/mol. The van der Waals surface area contributed by atoms with Crippen molar-refractivity contribution in [3.05, 3.63) is 34.8 Å². The van der Waals surface area contributed by atoms with E-state index in [1.54, 1.807) is 31.2 Å². The summed E-state index contributed by atoms with van der Waals surface area (Å²) in [6.45, 7) is 2.80. The summed E-state index contributed by atoms with van der Waals surface area (Å²) in [6, 6.07) is 6.37. The van der Waals surface area contributed by atoms with Crippen LogP contribution in [-0.4, -0.2) is 40.4 Å². The summed E-state index contributed by atoms with van der Waals surface area (Å²) in [5, 5.41) is 13.9. The number of aromatic nitrogens is 2. The normalized spacial score (nSPS) is 10.2. The number of nitrogens with one attached hydrogen (secondary N) is 2. The molecule has 148 valence electrons. The van der Waals surface area contributed by atoms with Gasteiger partial charge in [0, 0.05) is 24.1 Å². The molecule has 2 N–H and O–H groups in total. The van der Waals surface area contributed by atoms with Crippen molar-refractivity contribution in [2.45, 2.75) is 33.1 Å². The van der Waals surface area contributed by atoms with Crippen LogP contribution in [0.25, 0.3) is 0 Å². The predicted octanol–water partition coefficient (Wildman–Crippen LogP) is 2.34. The minimum absolute atomic E-state index is 0.0170. The van der Waals surface area contributed by atoms with Crippen LogP contribution < -0.4 is 10.6 Å². The molecule has 0 saturated heterocycles. The van der Waals surface area contributed by atoms with Crippen LogP contribution in [0.15, 0.2) is 24.3 Å². The SMILES string of the molecule is CC(=O)c1ccc(NC(=O)COC(=O)CCCC(=O)Nc2nnc(C)s2)cc1. The first-order valence-corrected chi connectivity index (χ1v) is 9.31. The lowest BCUT2D eigenvalue weighted by atomic mass is 10.1. The highest BCUT2D eigenvalue weighted by Gasteiger charge is 2.11. The third kappa shape index (κ3) is 7.23. The van der Waals surface area contributed by atoms with Gasteiger partial charge in [-0.3, -0.25) is 19.2 Å². The monoisotopic (exact) mass is 404 g/mol. The molecular formula is C18H20N4O5S. The van der Waals surface area contributed by atoms with Gasteiger partial charge in [0.1, 0.15) is 5.01 Å². The second-order valence-electron chi connectivity index (χ2n) is 5.87. The summed E-state index contributed by atoms with van der Waals surface area (Å²) in [6.07, 6.45) is 0.433. The van der Waals surface area contributed by atoms with Gasteiger partial charge in [0.05, 0.1) is 0 Å². The minimum Gasteiger partial charge on any atom is -0.456 e. The van der Waals surface area contributed by atoms with Crippen LogP contribution in [-0.2, 0) is 19.1 Å². The van der Waals surface area contributed by atoms with E-state index in [4.69, 9.17) is 4.74 Å². The van der Waals surface area contributed by atoms with Gasteiger partial charge in [-0.05, 0) is 44.5 Å². The first-order valence-electron chi connectivity index (χ1n) is 8.50. The average Bonchev–Trinajstić information content (AvgIpc) is 3.05. The summed E-state index contributed by atoms with van der Waals surface area (Å²) in [7, 11) is 0. The highest BCUT2D eigenvalue weighted by Crippen LogP contribution is 2.14. The largest absolute Gasteiger partial charge is 0.456 e. The number of hydrogen-bond acceptors (Lipinski definition) is 8. The number of Topliss-reactive ketones (excluding diaryl/α,β-unsaturated/α-hetero) is 1. The van der Waals surface area contributed by atoms with Gasteiger partial charge in [0.25, 0.3) is 5.91 Å². The number of benzene rings is 1. The number of carbonyl (C=O) groups excluding carboxylic acids is 4. The standard InChI is InChI=1S/C18H20N4O5S/c1-11(23)13-6-8-14(9-7-13)19-16(25)10-27-17(26)5-3-4-15(24)20-18-22-21-12(2)28-18/h6-9H,3-5,10H2,1-2H3,(H,19,25)(H,20,22,24). The lowest BCUT2D eigenvalue weighted by Crippen LogP contribution is -2.21. The lowest BCUT2D eigenvalue weighted by Gasteiger charge is -2.07. The summed E-state index contributed by atoms with van der Waals surface area (Å²) >= 11 is 1.26. The zero-order valence-electron chi connectivity index (χ0n) is 15.5. The molecule has 2 aromatic rings. The Morgan fingerprint density at radius 3 is 2.32 bits per heavy atom. The number of esters is 1. The van der Waals surface area contributed by atoms with E-state index in [0.717, 1.165) is 5.01 Å². The fraction of sp³-hybridized carbons (Fsp3) is 0.333. The fourth-order valence-electron chi connectivity index (χ4n) is 2.13. The molecule has 0 unspecified atom stereocenters. The van der Waals surface area contributed by atoms with Crippen LogP contribution >= 0.6 is 11.3 Å². The smallest absolute Gasteiger partial charge is 0.306 e. The van der Waals surface area contributed by atoms with E-state index in [9.17, 15) is 19.2 Å². The summed E-state index contributed by atoms with van der Waals surface area (Å²) in [5.74, 6) is -1.40. The van der Waals surface area contributed by atoms with E-state index >= 15 is 0 Å². The molecule has 0 saturated carbocycles. The number of nitrogens with zero attached hydrogens (tertiary/aromatic N) is 2. The van der Waals surface area contributed by atoms with Crippen molar-refractivity contribution in [3.63, 3.8) is 0 Å². The van der Waals surface area contributed by atoms with Crippen molar-refractivity contribution in [2.24, 2.45) is 0 Å². The third-order valence-electron chi connectivity index (χ3n) is 3.50. The van der Waals surface area contributed by atoms with Crippen LogP contribution in [0.1, 0.15) is 41.6 Å². The average molecular weight is 404 g/mol. The van der Waals surface area contributed by atoms with Gasteiger partial charge in [0.2, 0.25) is 11.0 Å². The number of anilines is 2. The molecule has 2 rings (SSSR count). The quantitative estimate of drug-likeness (QED) is 0.485. The fourth-order valence-corrected chi connectivity index (χ4v) is 2.73. The molecule has 9 nitrogen and oxygen atoms in total. The molecule has 0 aliphatic heterocycles. The molecule has 0 radical (unpaired) electrons. The maximum Gasteiger partial charge on any atom is 0.306 e. The summed E-state index contributed by atoms with van der Waals surface area (Å²) in [4.78, 5) is 46.4. The highest BCUT2D eigenvalue weighted by molar-refractivity contribution is 7.15. The topological polar surface area (TPSA) is 127 Å². The molecule has 0 aliphatic rings. The molecule has 0 aliphatic carbocycles. The Labute approximate surface area is 165 Å². The molecule has 1 heterocycles. The van der Waals surface area contributed by atoms with E-state index < -0.39 is 18.5 Å². The molecule has 1 aromatic carbocycles. The van der Waals surface area contributed by atoms with Crippen LogP contribution in [0.3, 0.4) is 0 Å². The number of hydrogen-bond donors (Lipinski definition) is 2. The van der Waals surface area contributed by atoms with Gasteiger partial charge in [0.15, 0.2) is 12.4 Å². The van der Waals surface area contributed by atoms with Gasteiger partial charge in [-0.15, -0.1) is 10.2 Å². The zero-order valence-corrected chi connectivity index (χ0v) is 16.3. The Kier molecular flexibility index (Phi) is 7.76. The van der Waals surface area contributed by atoms with Crippen LogP contribution in [0.5, 0.6) is 0 Å². The first kappa shape index (κ1) is 21.2. The van der Waals surface area contributed by atoms with Gasteiger partial charge in [-0.25, -0.2) is 0 Å². The molecule has 0 atom stereocenters. The van der Waals surface area contributed by atoms with Crippen LogP contribution in [0, 0.1) is 6.92 Å². The highest BCUT2D eigenvalue weighted by atomic mass is 32.1. The van der Waals surface area contributed by atoms with Crippen LogP contribution in [0.4, 0.5) is 10.8 Å². The Bertz CT molecular complexity index is 863. The predicted molar refractivity (Wildman–Crippen MR) is 103 cm³/mol. The van der Waals surface area contributed by atoms with Gasteiger partial charge in [-0.1, -0.05) is 11.3 Å². The van der Waals surface area contributed by atoms with Crippen molar-refractivity contribution in [1.29, 1.82) is 0 Å². The van der Waals surface area contributed by atoms with E-state index in [1.165, 1.54) is 18.3 Å². The molecule has 2 amide bonds. The minimum atomic E-state index is -0.568. The maximum atomic E-state index is 11.8. The number of ether oxygens (including phenoxy) is 1. The van der Waals surface area contributed by atoms with Crippen molar-refractivity contribution >= 4 is 45.7 Å². The van der Waals surface area contributed by atoms with Crippen molar-refractivity contribution in [3.8, 4) is 0 Å². The van der Waals surface area contributed by atoms with E-state index in [0.29, 0.717) is 16.4 Å². The van der Waals surface area contributed by atoms with Crippen molar-refractivity contribution < 1.29 is 23.9 Å². The molecule has 0 spiro atoms. The maximum absolute atomic E-state index is 11.8. The number of carbonyl (C=O) groups is 4. The summed E-state index contributed by atoms with van der Waals surface area (Å²) < 4.78 is 4.88. The van der Waals surface area contributed by atoms with E-state index in [-0.39, 0.29) is 31.0 Å². The van der Waals surface area contributed by atoms with Crippen LogP contribution in [0.2, 0.25) is 0 Å².